The fourth-order valence-electron chi connectivity index (χ4n) is 3.37. The maximum absolute atomic E-state index is 9.59. The minimum absolute atomic E-state index is 0.105. The largest absolute Gasteiger partial charge is 0.508 e. The molecule has 0 heterocycles. The molecule has 0 aromatic heterocycles. The molecule has 0 aliphatic heterocycles. The van der Waals surface area contributed by atoms with Gasteiger partial charge in [-0.05, 0) is 41.8 Å². The summed E-state index contributed by atoms with van der Waals surface area (Å²) in [5.74, 6) is 0.595. The van der Waals surface area contributed by atoms with E-state index in [9.17, 15) is 10.2 Å². The van der Waals surface area contributed by atoms with Crippen molar-refractivity contribution in [3.05, 3.63) is 59.7 Å². The highest BCUT2D eigenvalue weighted by Crippen LogP contribution is 2.38. The van der Waals surface area contributed by atoms with Crippen molar-refractivity contribution in [1.82, 2.24) is 0 Å². The van der Waals surface area contributed by atoms with Gasteiger partial charge in [-0.3, -0.25) is 0 Å². The van der Waals surface area contributed by atoms with Gasteiger partial charge in [0, 0.05) is 5.41 Å². The van der Waals surface area contributed by atoms with Crippen LogP contribution in [0.2, 0.25) is 0 Å². The number of hydrogen-bond donors (Lipinski definition) is 2. The summed E-state index contributed by atoms with van der Waals surface area (Å²) in [6, 6.07) is 15.1. The highest BCUT2D eigenvalue weighted by Gasteiger charge is 2.28. The van der Waals surface area contributed by atoms with Gasteiger partial charge in [-0.1, -0.05) is 76.6 Å². The molecule has 0 unspecified atom stereocenters. The summed E-state index contributed by atoms with van der Waals surface area (Å²) in [6.07, 6.45) is 8.73. The summed E-state index contributed by atoms with van der Waals surface area (Å²) in [6.45, 7) is 4.50. The van der Waals surface area contributed by atoms with Gasteiger partial charge in [0.25, 0.3) is 0 Å². The second-order valence-electron chi connectivity index (χ2n) is 6.94. The standard InChI is InChI=1S/C22H30O2/c1-3-4-5-6-7-8-17-22(2,18-9-13-20(23)14-10-18)19-11-15-21(24)16-12-19/h9-16,23-24H,3-8,17H2,1-2H3. The highest BCUT2D eigenvalue weighted by atomic mass is 16.3. The Morgan fingerprint density at radius 3 is 1.54 bits per heavy atom. The van der Waals surface area contributed by atoms with Gasteiger partial charge in [0.1, 0.15) is 11.5 Å². The van der Waals surface area contributed by atoms with E-state index in [1.807, 2.05) is 24.3 Å². The fourth-order valence-corrected chi connectivity index (χ4v) is 3.37. The molecule has 2 aromatic rings. The van der Waals surface area contributed by atoms with Crippen LogP contribution in [-0.4, -0.2) is 10.2 Å². The van der Waals surface area contributed by atoms with E-state index in [1.54, 1.807) is 24.3 Å². The maximum Gasteiger partial charge on any atom is 0.115 e. The molecule has 0 radical (unpaired) electrons. The number of aromatic hydroxyl groups is 2. The Morgan fingerprint density at radius 2 is 1.08 bits per heavy atom. The van der Waals surface area contributed by atoms with Crippen LogP contribution in [0.15, 0.2) is 48.5 Å². The zero-order chi connectivity index (χ0) is 17.4. The molecule has 2 heteroatoms. The van der Waals surface area contributed by atoms with Crippen molar-refractivity contribution in [3.8, 4) is 11.5 Å². The van der Waals surface area contributed by atoms with Gasteiger partial charge in [-0.25, -0.2) is 0 Å². The van der Waals surface area contributed by atoms with Crippen molar-refractivity contribution >= 4 is 0 Å². The molecule has 0 bridgehead atoms. The van der Waals surface area contributed by atoms with Crippen LogP contribution in [0.5, 0.6) is 11.5 Å². The normalized spacial score (nSPS) is 11.6. The van der Waals surface area contributed by atoms with Crippen LogP contribution in [0, 0.1) is 0 Å². The first-order chi connectivity index (χ1) is 11.6. The molecule has 24 heavy (non-hydrogen) atoms. The first kappa shape index (κ1) is 18.4. The van der Waals surface area contributed by atoms with Gasteiger partial charge >= 0.3 is 0 Å². The predicted molar refractivity (Wildman–Crippen MR) is 101 cm³/mol. The summed E-state index contributed by atoms with van der Waals surface area (Å²) in [5.41, 5.74) is 2.31. The Kier molecular flexibility index (Phi) is 6.72. The Bertz CT molecular complexity index is 553. The van der Waals surface area contributed by atoms with Gasteiger partial charge in [-0.2, -0.15) is 0 Å². The molecule has 0 saturated carbocycles. The smallest absolute Gasteiger partial charge is 0.115 e. The van der Waals surface area contributed by atoms with Crippen LogP contribution in [0.1, 0.15) is 69.9 Å². The molecule has 0 atom stereocenters. The molecule has 2 rings (SSSR count). The number of hydrogen-bond acceptors (Lipinski definition) is 2. The van der Waals surface area contributed by atoms with Crippen LogP contribution in [0.4, 0.5) is 0 Å². The lowest BCUT2D eigenvalue weighted by molar-refractivity contribution is 0.460. The van der Waals surface area contributed by atoms with Gasteiger partial charge in [-0.15, -0.1) is 0 Å². The number of benzene rings is 2. The summed E-state index contributed by atoms with van der Waals surface area (Å²) < 4.78 is 0. The van der Waals surface area contributed by atoms with Crippen LogP contribution in [0.25, 0.3) is 0 Å². The van der Waals surface area contributed by atoms with Gasteiger partial charge < -0.3 is 10.2 Å². The van der Waals surface area contributed by atoms with Crippen LogP contribution in [0.3, 0.4) is 0 Å². The van der Waals surface area contributed by atoms with E-state index in [0.29, 0.717) is 11.5 Å². The van der Waals surface area contributed by atoms with E-state index >= 15 is 0 Å². The van der Waals surface area contributed by atoms with Crippen molar-refractivity contribution in [2.75, 3.05) is 0 Å². The minimum atomic E-state index is -0.105. The Morgan fingerprint density at radius 1 is 0.667 bits per heavy atom. The molecule has 2 aromatic carbocycles. The van der Waals surface area contributed by atoms with E-state index in [0.717, 1.165) is 6.42 Å². The molecular weight excluding hydrogens is 296 g/mol. The molecule has 0 saturated heterocycles. The van der Waals surface area contributed by atoms with Gasteiger partial charge in [0.2, 0.25) is 0 Å². The Hall–Kier alpha value is -1.96. The van der Waals surface area contributed by atoms with E-state index in [-0.39, 0.29) is 5.41 Å². The third-order valence-electron chi connectivity index (χ3n) is 5.04. The third kappa shape index (κ3) is 4.77. The second-order valence-corrected chi connectivity index (χ2v) is 6.94. The van der Waals surface area contributed by atoms with E-state index < -0.39 is 0 Å². The van der Waals surface area contributed by atoms with E-state index in [1.165, 1.54) is 49.7 Å². The molecule has 2 N–H and O–H groups in total. The molecule has 0 spiro atoms. The van der Waals surface area contributed by atoms with Crippen molar-refractivity contribution in [1.29, 1.82) is 0 Å². The topological polar surface area (TPSA) is 40.5 Å². The van der Waals surface area contributed by atoms with Crippen molar-refractivity contribution < 1.29 is 10.2 Å². The van der Waals surface area contributed by atoms with Crippen molar-refractivity contribution in [3.63, 3.8) is 0 Å². The summed E-state index contributed by atoms with van der Waals surface area (Å²) in [7, 11) is 0. The lowest BCUT2D eigenvalue weighted by Crippen LogP contribution is -2.23. The van der Waals surface area contributed by atoms with Crippen LogP contribution >= 0.6 is 0 Å². The fraction of sp³-hybridized carbons (Fsp3) is 0.455. The second kappa shape index (κ2) is 8.77. The zero-order valence-electron chi connectivity index (χ0n) is 15.0. The monoisotopic (exact) mass is 326 g/mol. The lowest BCUT2D eigenvalue weighted by atomic mass is 9.72. The molecule has 2 nitrogen and oxygen atoms in total. The maximum atomic E-state index is 9.59. The van der Waals surface area contributed by atoms with E-state index in [4.69, 9.17) is 0 Å². The molecule has 0 aliphatic rings. The number of rotatable bonds is 9. The third-order valence-corrected chi connectivity index (χ3v) is 5.04. The van der Waals surface area contributed by atoms with E-state index in [2.05, 4.69) is 13.8 Å². The average Bonchev–Trinajstić information content (AvgIpc) is 2.59. The summed E-state index contributed by atoms with van der Waals surface area (Å²) >= 11 is 0. The molecular formula is C22H30O2. The lowest BCUT2D eigenvalue weighted by Gasteiger charge is -2.31. The summed E-state index contributed by atoms with van der Waals surface area (Å²) in [5, 5.41) is 19.2. The van der Waals surface area contributed by atoms with Gasteiger partial charge in [0.05, 0.1) is 0 Å². The quantitative estimate of drug-likeness (QED) is 0.542. The van der Waals surface area contributed by atoms with Crippen molar-refractivity contribution in [2.45, 2.75) is 64.2 Å². The van der Waals surface area contributed by atoms with Crippen LogP contribution in [-0.2, 0) is 5.41 Å². The SMILES string of the molecule is CCCCCCCCC(C)(c1ccc(O)cc1)c1ccc(O)cc1. The molecule has 0 fully saturated rings. The molecule has 0 aliphatic carbocycles. The Balaban J connectivity index is 2.15. The first-order valence-corrected chi connectivity index (χ1v) is 9.15. The average molecular weight is 326 g/mol. The highest BCUT2D eigenvalue weighted by molar-refractivity contribution is 5.42. The number of phenolic OH excluding ortho intramolecular Hbond substituents is 2. The number of unbranched alkanes of at least 4 members (excludes halogenated alkanes) is 5. The van der Waals surface area contributed by atoms with Crippen LogP contribution < -0.4 is 0 Å². The first-order valence-electron chi connectivity index (χ1n) is 9.15. The molecule has 0 amide bonds. The van der Waals surface area contributed by atoms with Gasteiger partial charge in [0.15, 0.2) is 0 Å². The predicted octanol–water partition coefficient (Wildman–Crippen LogP) is 6.15. The summed E-state index contributed by atoms with van der Waals surface area (Å²) in [4.78, 5) is 0. The minimum Gasteiger partial charge on any atom is -0.508 e. The number of phenols is 2. The zero-order valence-corrected chi connectivity index (χ0v) is 15.0. The van der Waals surface area contributed by atoms with Crippen molar-refractivity contribution in [2.24, 2.45) is 0 Å². The Labute approximate surface area is 146 Å². The molecule has 130 valence electrons.